The highest BCUT2D eigenvalue weighted by Gasteiger charge is 2.48. The number of amides is 2. The van der Waals surface area contributed by atoms with Gasteiger partial charge in [0.15, 0.2) is 0 Å². The van der Waals surface area contributed by atoms with Crippen molar-refractivity contribution in [1.29, 1.82) is 0 Å². The molecule has 1 fully saturated rings. The number of nitrogens with zero attached hydrogens (tertiary/aromatic N) is 1. The van der Waals surface area contributed by atoms with E-state index in [9.17, 15) is 19.8 Å². The van der Waals surface area contributed by atoms with E-state index in [0.717, 1.165) is 0 Å². The number of benzene rings is 1. The zero-order valence-electron chi connectivity index (χ0n) is 14.8. The van der Waals surface area contributed by atoms with Crippen LogP contribution in [0.25, 0.3) is 0 Å². The Morgan fingerprint density at radius 2 is 1.96 bits per heavy atom. The molecule has 0 unspecified atom stereocenters. The van der Waals surface area contributed by atoms with Gasteiger partial charge in [-0.25, -0.2) is 0 Å². The smallest absolute Gasteiger partial charge is 0.254 e. The van der Waals surface area contributed by atoms with E-state index in [0.29, 0.717) is 5.56 Å². The summed E-state index contributed by atoms with van der Waals surface area (Å²) in [6.07, 6.45) is 0.664. The molecule has 8 nitrogen and oxygen atoms in total. The molecule has 3 atom stereocenters. The summed E-state index contributed by atoms with van der Waals surface area (Å²) in [5, 5.41) is 26.5. The standard InChI is InChI=1S/C19H20ClN3O5/c20-14-6-7-21-8-13(14)18(26)22-9-15-16(24)19(27,11-28-15)10-23-17(25)12-4-2-1-3-5-12/h1-8,15-16,24,27H,9-11H2,(H,22,26)(H,23,25)/t15-,16-,19+/m1/s1. The minimum absolute atomic E-state index is 0.0415. The van der Waals surface area contributed by atoms with Crippen molar-refractivity contribution in [2.24, 2.45) is 0 Å². The molecular weight excluding hydrogens is 386 g/mol. The molecule has 9 heteroatoms. The molecule has 2 heterocycles. The van der Waals surface area contributed by atoms with E-state index in [4.69, 9.17) is 16.3 Å². The first kappa shape index (κ1) is 20.2. The van der Waals surface area contributed by atoms with Gasteiger partial charge in [-0.3, -0.25) is 14.6 Å². The van der Waals surface area contributed by atoms with Gasteiger partial charge in [-0.15, -0.1) is 0 Å². The van der Waals surface area contributed by atoms with E-state index < -0.39 is 23.7 Å². The average Bonchev–Trinajstić information content (AvgIpc) is 3.00. The number of hydrogen-bond acceptors (Lipinski definition) is 6. The van der Waals surface area contributed by atoms with Crippen molar-refractivity contribution in [3.63, 3.8) is 0 Å². The Hall–Kier alpha value is -2.52. The number of pyridine rings is 1. The first-order valence-electron chi connectivity index (χ1n) is 8.64. The molecule has 1 aliphatic heterocycles. The molecule has 3 rings (SSSR count). The third kappa shape index (κ3) is 4.48. The maximum atomic E-state index is 12.2. The number of hydrogen-bond donors (Lipinski definition) is 4. The second-order valence-corrected chi connectivity index (χ2v) is 6.92. The lowest BCUT2D eigenvalue weighted by Crippen LogP contribution is -2.53. The first-order valence-corrected chi connectivity index (χ1v) is 9.01. The number of carbonyl (C=O) groups excluding carboxylic acids is 2. The van der Waals surface area contributed by atoms with Crippen LogP contribution in [-0.2, 0) is 4.74 Å². The van der Waals surface area contributed by atoms with Crippen LogP contribution < -0.4 is 10.6 Å². The normalized spacial score (nSPS) is 24.0. The molecule has 0 saturated carbocycles. The summed E-state index contributed by atoms with van der Waals surface area (Å²) in [6, 6.07) is 10.0. The highest BCUT2D eigenvalue weighted by atomic mass is 35.5. The van der Waals surface area contributed by atoms with Gasteiger partial charge in [0.2, 0.25) is 0 Å². The maximum Gasteiger partial charge on any atom is 0.254 e. The quantitative estimate of drug-likeness (QED) is 0.551. The number of rotatable bonds is 6. The number of ether oxygens (including phenoxy) is 1. The molecule has 2 amide bonds. The van der Waals surface area contributed by atoms with Gasteiger partial charge in [0.05, 0.1) is 23.7 Å². The summed E-state index contributed by atoms with van der Waals surface area (Å²) >= 11 is 5.95. The summed E-state index contributed by atoms with van der Waals surface area (Å²) in [5.41, 5.74) is -1.02. The van der Waals surface area contributed by atoms with Crippen LogP contribution in [0, 0.1) is 0 Å². The average molecular weight is 406 g/mol. The van der Waals surface area contributed by atoms with Crippen LogP contribution in [0.3, 0.4) is 0 Å². The van der Waals surface area contributed by atoms with E-state index >= 15 is 0 Å². The van der Waals surface area contributed by atoms with Crippen LogP contribution in [0.2, 0.25) is 5.02 Å². The largest absolute Gasteiger partial charge is 0.387 e. The summed E-state index contributed by atoms with van der Waals surface area (Å²) in [4.78, 5) is 28.1. The molecule has 1 aromatic heterocycles. The maximum absolute atomic E-state index is 12.2. The van der Waals surface area contributed by atoms with Crippen molar-refractivity contribution in [2.75, 3.05) is 19.7 Å². The Bertz CT molecular complexity index is 850. The van der Waals surface area contributed by atoms with Gasteiger partial charge < -0.3 is 25.6 Å². The molecule has 2 aromatic rings. The fraction of sp³-hybridized carbons (Fsp3) is 0.316. The molecule has 28 heavy (non-hydrogen) atoms. The van der Waals surface area contributed by atoms with Crippen molar-refractivity contribution in [3.8, 4) is 0 Å². The molecule has 4 N–H and O–H groups in total. The van der Waals surface area contributed by atoms with Gasteiger partial charge >= 0.3 is 0 Å². The monoisotopic (exact) mass is 405 g/mol. The summed E-state index contributed by atoms with van der Waals surface area (Å²) in [7, 11) is 0. The highest BCUT2D eigenvalue weighted by Crippen LogP contribution is 2.24. The fourth-order valence-corrected chi connectivity index (χ4v) is 3.05. The Morgan fingerprint density at radius 1 is 1.21 bits per heavy atom. The molecule has 0 bridgehead atoms. The Kier molecular flexibility index (Phi) is 6.25. The summed E-state index contributed by atoms with van der Waals surface area (Å²) in [6.45, 7) is -0.418. The van der Waals surface area contributed by atoms with Crippen LogP contribution in [0.15, 0.2) is 48.8 Å². The minimum Gasteiger partial charge on any atom is -0.387 e. The third-order valence-corrected chi connectivity index (χ3v) is 4.85. The topological polar surface area (TPSA) is 121 Å². The van der Waals surface area contributed by atoms with Gasteiger partial charge in [0.1, 0.15) is 17.8 Å². The van der Waals surface area contributed by atoms with E-state index in [1.165, 1.54) is 18.5 Å². The van der Waals surface area contributed by atoms with Crippen LogP contribution >= 0.6 is 11.6 Å². The zero-order chi connectivity index (χ0) is 20.1. The van der Waals surface area contributed by atoms with Crippen molar-refractivity contribution < 1.29 is 24.5 Å². The molecule has 148 valence electrons. The summed E-state index contributed by atoms with van der Waals surface area (Å²) < 4.78 is 5.42. The Morgan fingerprint density at radius 3 is 2.68 bits per heavy atom. The van der Waals surface area contributed by atoms with Gasteiger partial charge in [-0.1, -0.05) is 29.8 Å². The molecular formula is C19H20ClN3O5. The zero-order valence-corrected chi connectivity index (χ0v) is 15.6. The Balaban J connectivity index is 1.53. The van der Waals surface area contributed by atoms with Crippen LogP contribution in [0.4, 0.5) is 0 Å². The second-order valence-electron chi connectivity index (χ2n) is 6.51. The van der Waals surface area contributed by atoms with Crippen LogP contribution in [0.1, 0.15) is 20.7 Å². The van der Waals surface area contributed by atoms with E-state index in [-0.39, 0.29) is 36.2 Å². The lowest BCUT2D eigenvalue weighted by atomic mass is 9.96. The van der Waals surface area contributed by atoms with Crippen molar-refractivity contribution in [1.82, 2.24) is 15.6 Å². The molecule has 0 aliphatic carbocycles. The summed E-state index contributed by atoms with van der Waals surface area (Å²) in [5.74, 6) is -0.842. The predicted octanol–water partition coefficient (Wildman–Crippen LogP) is 0.386. The van der Waals surface area contributed by atoms with Gasteiger partial charge in [0, 0.05) is 24.5 Å². The lowest BCUT2D eigenvalue weighted by Gasteiger charge is -2.26. The van der Waals surface area contributed by atoms with Gasteiger partial charge in [0.25, 0.3) is 11.8 Å². The molecule has 1 aliphatic rings. The second kappa shape index (κ2) is 8.66. The van der Waals surface area contributed by atoms with E-state index in [1.807, 2.05) is 0 Å². The minimum atomic E-state index is -1.66. The molecule has 1 aromatic carbocycles. The van der Waals surface area contributed by atoms with Gasteiger partial charge in [-0.2, -0.15) is 0 Å². The molecule has 0 radical (unpaired) electrons. The van der Waals surface area contributed by atoms with Gasteiger partial charge in [-0.05, 0) is 18.2 Å². The predicted molar refractivity (Wildman–Crippen MR) is 101 cm³/mol. The van der Waals surface area contributed by atoms with Crippen LogP contribution in [-0.4, -0.2) is 64.5 Å². The Labute approximate surface area is 166 Å². The first-order chi connectivity index (χ1) is 13.4. The number of aromatic nitrogens is 1. The highest BCUT2D eigenvalue weighted by molar-refractivity contribution is 6.33. The molecule has 1 saturated heterocycles. The number of nitrogens with one attached hydrogen (secondary N) is 2. The SMILES string of the molecule is O=C(NC[C@]1(O)CO[C@H](CNC(=O)c2cnccc2Cl)[C@H]1O)c1ccccc1. The van der Waals surface area contributed by atoms with Crippen molar-refractivity contribution >= 4 is 23.4 Å². The number of carbonyl (C=O) groups is 2. The number of aliphatic hydroxyl groups excluding tert-OH is 1. The van der Waals surface area contributed by atoms with Crippen molar-refractivity contribution in [2.45, 2.75) is 17.8 Å². The third-order valence-electron chi connectivity index (χ3n) is 4.52. The van der Waals surface area contributed by atoms with Crippen molar-refractivity contribution in [3.05, 3.63) is 64.9 Å². The van der Waals surface area contributed by atoms with E-state index in [2.05, 4.69) is 15.6 Å². The molecule has 0 spiro atoms. The number of halogens is 1. The lowest BCUT2D eigenvalue weighted by molar-refractivity contribution is -0.0464. The fourth-order valence-electron chi connectivity index (χ4n) is 2.86. The van der Waals surface area contributed by atoms with Crippen LogP contribution in [0.5, 0.6) is 0 Å². The van der Waals surface area contributed by atoms with E-state index in [1.54, 1.807) is 30.3 Å². The number of aliphatic hydroxyl groups is 2.